The van der Waals surface area contributed by atoms with Crippen LogP contribution in [-0.4, -0.2) is 27.5 Å². The van der Waals surface area contributed by atoms with Gasteiger partial charge in [-0.15, -0.1) is 0 Å². The SMILES string of the molecule is O=C(COc1c(Cl)cc(Cl)cc1Br)Nc1ccc(S(=O)(=O)NCCc2ccccc2)cc1. The Morgan fingerprint density at radius 1 is 1.00 bits per heavy atom. The Morgan fingerprint density at radius 2 is 1.69 bits per heavy atom. The van der Waals surface area contributed by atoms with Crippen molar-refractivity contribution < 1.29 is 17.9 Å². The lowest BCUT2D eigenvalue weighted by Gasteiger charge is -2.11. The summed E-state index contributed by atoms with van der Waals surface area (Å²) in [6.45, 7) is -0.00790. The van der Waals surface area contributed by atoms with Crippen molar-refractivity contribution in [3.8, 4) is 5.75 Å². The van der Waals surface area contributed by atoms with Gasteiger partial charge in [0.25, 0.3) is 5.91 Å². The molecule has 0 fully saturated rings. The fourth-order valence-electron chi connectivity index (χ4n) is 2.78. The molecule has 0 saturated heterocycles. The highest BCUT2D eigenvalue weighted by Gasteiger charge is 2.14. The molecule has 0 aliphatic heterocycles. The van der Waals surface area contributed by atoms with Gasteiger partial charge in [-0.3, -0.25) is 4.79 Å². The molecule has 168 valence electrons. The minimum absolute atomic E-state index is 0.108. The molecule has 0 spiro atoms. The number of sulfonamides is 1. The summed E-state index contributed by atoms with van der Waals surface area (Å²) in [5.41, 5.74) is 1.48. The van der Waals surface area contributed by atoms with Gasteiger partial charge in [-0.1, -0.05) is 53.5 Å². The predicted octanol–water partition coefficient (Wildman–Crippen LogP) is 5.29. The van der Waals surface area contributed by atoms with Crippen LogP contribution in [0.2, 0.25) is 10.0 Å². The summed E-state index contributed by atoms with van der Waals surface area (Å²) < 4.78 is 33.5. The number of benzene rings is 3. The topological polar surface area (TPSA) is 84.5 Å². The number of nitrogens with one attached hydrogen (secondary N) is 2. The molecule has 0 saturated carbocycles. The summed E-state index contributed by atoms with van der Waals surface area (Å²) in [6, 6.07) is 18.6. The van der Waals surface area contributed by atoms with Gasteiger partial charge < -0.3 is 10.1 Å². The molecular formula is C22H19BrCl2N2O4S. The van der Waals surface area contributed by atoms with Crippen LogP contribution in [0.25, 0.3) is 0 Å². The monoisotopic (exact) mass is 556 g/mol. The minimum Gasteiger partial charge on any atom is -0.481 e. The van der Waals surface area contributed by atoms with E-state index in [-0.39, 0.29) is 23.1 Å². The van der Waals surface area contributed by atoms with E-state index in [1.54, 1.807) is 6.07 Å². The van der Waals surface area contributed by atoms with Gasteiger partial charge in [-0.05, 0) is 64.3 Å². The Balaban J connectivity index is 1.53. The summed E-state index contributed by atoms with van der Waals surface area (Å²) in [5, 5.41) is 3.35. The Labute approximate surface area is 205 Å². The van der Waals surface area contributed by atoms with Crippen LogP contribution in [0.15, 0.2) is 76.1 Å². The van der Waals surface area contributed by atoms with E-state index in [9.17, 15) is 13.2 Å². The highest BCUT2D eigenvalue weighted by molar-refractivity contribution is 9.10. The van der Waals surface area contributed by atoms with E-state index < -0.39 is 15.9 Å². The smallest absolute Gasteiger partial charge is 0.262 e. The van der Waals surface area contributed by atoms with Crippen molar-refractivity contribution in [2.75, 3.05) is 18.5 Å². The van der Waals surface area contributed by atoms with Crippen LogP contribution < -0.4 is 14.8 Å². The number of anilines is 1. The third kappa shape index (κ3) is 6.95. The zero-order valence-electron chi connectivity index (χ0n) is 16.6. The van der Waals surface area contributed by atoms with Gasteiger partial charge in [0, 0.05) is 17.3 Å². The van der Waals surface area contributed by atoms with E-state index in [1.165, 1.54) is 30.3 Å². The summed E-state index contributed by atoms with van der Waals surface area (Å²) >= 11 is 15.3. The van der Waals surface area contributed by atoms with E-state index in [0.717, 1.165) is 5.56 Å². The molecule has 3 aromatic rings. The number of carbonyl (C=O) groups is 1. The maximum atomic E-state index is 12.5. The molecule has 0 aliphatic carbocycles. The first-order chi connectivity index (χ1) is 15.2. The standard InChI is InChI=1S/C22H19BrCl2N2O4S/c23-19-12-16(24)13-20(25)22(19)31-14-21(28)27-17-6-8-18(9-7-17)32(29,30)26-11-10-15-4-2-1-3-5-15/h1-9,12-13,26H,10-11,14H2,(H,27,28). The summed E-state index contributed by atoms with van der Waals surface area (Å²) in [7, 11) is -3.65. The molecule has 32 heavy (non-hydrogen) atoms. The van der Waals surface area contributed by atoms with Crippen molar-refractivity contribution in [1.82, 2.24) is 4.72 Å². The third-order valence-corrected chi connectivity index (χ3v) is 6.87. The number of amides is 1. The fraction of sp³-hybridized carbons (Fsp3) is 0.136. The van der Waals surface area contributed by atoms with Crippen molar-refractivity contribution in [3.63, 3.8) is 0 Å². The van der Waals surface area contributed by atoms with Gasteiger partial charge in [0.05, 0.1) is 14.4 Å². The Bertz CT molecular complexity index is 1170. The normalized spacial score (nSPS) is 11.2. The summed E-state index contributed by atoms with van der Waals surface area (Å²) in [5.74, 6) is -0.131. The number of rotatable bonds is 9. The number of hydrogen-bond donors (Lipinski definition) is 2. The number of carbonyl (C=O) groups excluding carboxylic acids is 1. The Morgan fingerprint density at radius 3 is 2.34 bits per heavy atom. The van der Waals surface area contributed by atoms with Crippen LogP contribution in [0, 0.1) is 0 Å². The maximum absolute atomic E-state index is 12.5. The van der Waals surface area contributed by atoms with E-state index in [1.807, 2.05) is 30.3 Å². The second-order valence-corrected chi connectivity index (χ2v) is 10.2. The van der Waals surface area contributed by atoms with E-state index >= 15 is 0 Å². The van der Waals surface area contributed by atoms with Crippen molar-refractivity contribution in [2.24, 2.45) is 0 Å². The molecular weight excluding hydrogens is 539 g/mol. The quantitative estimate of drug-likeness (QED) is 0.374. The first-order valence-electron chi connectivity index (χ1n) is 9.45. The average Bonchev–Trinajstić information content (AvgIpc) is 2.74. The molecule has 3 aromatic carbocycles. The molecule has 3 rings (SSSR count). The first-order valence-corrected chi connectivity index (χ1v) is 12.5. The lowest BCUT2D eigenvalue weighted by molar-refractivity contribution is -0.118. The zero-order chi connectivity index (χ0) is 23.1. The summed E-state index contributed by atoms with van der Waals surface area (Å²) in [4.78, 5) is 12.3. The van der Waals surface area contributed by atoms with Crippen molar-refractivity contribution in [1.29, 1.82) is 0 Å². The van der Waals surface area contributed by atoms with Crippen LogP contribution in [-0.2, 0) is 21.2 Å². The van der Waals surface area contributed by atoms with Crippen LogP contribution in [0.3, 0.4) is 0 Å². The second kappa shape index (κ2) is 11.2. The number of ether oxygens (including phenoxy) is 1. The lowest BCUT2D eigenvalue weighted by atomic mass is 10.2. The van der Waals surface area contributed by atoms with Crippen LogP contribution in [0.1, 0.15) is 5.56 Å². The molecule has 0 unspecified atom stereocenters. The second-order valence-electron chi connectivity index (χ2n) is 6.69. The molecule has 0 bridgehead atoms. The summed E-state index contributed by atoms with van der Waals surface area (Å²) in [6.07, 6.45) is 0.585. The molecule has 0 aromatic heterocycles. The van der Waals surface area contributed by atoms with Gasteiger partial charge in [0.1, 0.15) is 0 Å². The van der Waals surface area contributed by atoms with E-state index in [4.69, 9.17) is 27.9 Å². The van der Waals surface area contributed by atoms with Gasteiger partial charge in [0.15, 0.2) is 12.4 Å². The van der Waals surface area contributed by atoms with Gasteiger partial charge in [0.2, 0.25) is 10.0 Å². The van der Waals surface area contributed by atoms with Crippen LogP contribution in [0.4, 0.5) is 5.69 Å². The number of hydrogen-bond acceptors (Lipinski definition) is 4. The van der Waals surface area contributed by atoms with Crippen LogP contribution in [0.5, 0.6) is 5.75 Å². The maximum Gasteiger partial charge on any atom is 0.262 e. The first kappa shape index (κ1) is 24.5. The molecule has 2 N–H and O–H groups in total. The largest absolute Gasteiger partial charge is 0.481 e. The lowest BCUT2D eigenvalue weighted by Crippen LogP contribution is -2.26. The van der Waals surface area contributed by atoms with Gasteiger partial charge in [-0.25, -0.2) is 13.1 Å². The van der Waals surface area contributed by atoms with Crippen LogP contribution >= 0.6 is 39.1 Å². The molecule has 0 atom stereocenters. The molecule has 1 amide bonds. The van der Waals surface area contributed by atoms with E-state index in [0.29, 0.717) is 27.4 Å². The molecule has 10 heteroatoms. The van der Waals surface area contributed by atoms with Crippen molar-refractivity contribution in [2.45, 2.75) is 11.3 Å². The molecule has 0 heterocycles. The van der Waals surface area contributed by atoms with E-state index in [2.05, 4.69) is 26.0 Å². The highest BCUT2D eigenvalue weighted by atomic mass is 79.9. The van der Waals surface area contributed by atoms with Gasteiger partial charge >= 0.3 is 0 Å². The third-order valence-electron chi connectivity index (χ3n) is 4.31. The van der Waals surface area contributed by atoms with Gasteiger partial charge in [-0.2, -0.15) is 0 Å². The highest BCUT2D eigenvalue weighted by Crippen LogP contribution is 2.36. The minimum atomic E-state index is -3.65. The Hall–Kier alpha value is -2.10. The average molecular weight is 558 g/mol. The molecule has 0 radical (unpaired) electrons. The Kier molecular flexibility index (Phi) is 8.56. The van der Waals surface area contributed by atoms with Crippen molar-refractivity contribution in [3.05, 3.63) is 86.8 Å². The fourth-order valence-corrected chi connectivity index (χ4v) is 5.18. The molecule has 0 aliphatic rings. The predicted molar refractivity (Wildman–Crippen MR) is 130 cm³/mol. The number of halogens is 3. The van der Waals surface area contributed by atoms with Crippen molar-refractivity contribution >= 4 is 60.7 Å². The molecule has 6 nitrogen and oxygen atoms in total. The zero-order valence-corrected chi connectivity index (χ0v) is 20.6.